The highest BCUT2D eigenvalue weighted by Gasteiger charge is 2.31. The minimum Gasteiger partial charge on any atom is -0.352 e. The molecule has 1 aliphatic rings. The Balaban J connectivity index is 1.86. The van der Waals surface area contributed by atoms with Crippen molar-refractivity contribution in [2.24, 2.45) is 0 Å². The van der Waals surface area contributed by atoms with E-state index in [1.807, 2.05) is 19.1 Å². The first kappa shape index (κ1) is 26.7. The Morgan fingerprint density at radius 1 is 1.03 bits per heavy atom. The van der Waals surface area contributed by atoms with Crippen molar-refractivity contribution >= 4 is 27.5 Å². The third-order valence-electron chi connectivity index (χ3n) is 6.45. The van der Waals surface area contributed by atoms with Gasteiger partial charge >= 0.3 is 0 Å². The van der Waals surface area contributed by atoms with E-state index in [9.17, 15) is 22.4 Å². The predicted molar refractivity (Wildman–Crippen MR) is 135 cm³/mol. The summed E-state index contributed by atoms with van der Waals surface area (Å²) in [5, 5.41) is 3.01. The Morgan fingerprint density at radius 3 is 2.14 bits per heavy atom. The molecule has 2 aromatic rings. The summed E-state index contributed by atoms with van der Waals surface area (Å²) in [6.45, 7) is 3.22. The van der Waals surface area contributed by atoms with Crippen molar-refractivity contribution in [2.75, 3.05) is 17.1 Å². The maximum Gasteiger partial charge on any atom is 0.244 e. The lowest BCUT2D eigenvalue weighted by Gasteiger charge is -2.32. The topological polar surface area (TPSA) is 86.8 Å². The molecule has 1 atom stereocenters. The number of nitrogens with one attached hydrogen (secondary N) is 1. The van der Waals surface area contributed by atoms with Crippen LogP contribution in [-0.4, -0.2) is 50.0 Å². The highest BCUT2D eigenvalue weighted by Crippen LogP contribution is 2.21. The van der Waals surface area contributed by atoms with Gasteiger partial charge < -0.3 is 10.2 Å². The van der Waals surface area contributed by atoms with Gasteiger partial charge in [-0.3, -0.25) is 13.9 Å². The first-order chi connectivity index (χ1) is 16.6. The summed E-state index contributed by atoms with van der Waals surface area (Å²) in [6.07, 6.45) is 5.76. The van der Waals surface area contributed by atoms with Crippen LogP contribution in [0.3, 0.4) is 0 Å². The van der Waals surface area contributed by atoms with Crippen LogP contribution in [0.25, 0.3) is 0 Å². The highest BCUT2D eigenvalue weighted by atomic mass is 32.2. The number of carbonyl (C=O) groups is 2. The number of hydrogen-bond acceptors (Lipinski definition) is 4. The van der Waals surface area contributed by atoms with Crippen LogP contribution in [0.4, 0.5) is 10.1 Å². The predicted octanol–water partition coefficient (Wildman–Crippen LogP) is 3.63. The molecule has 0 radical (unpaired) electrons. The van der Waals surface area contributed by atoms with Gasteiger partial charge in [0.2, 0.25) is 21.8 Å². The number of nitrogens with zero attached hydrogens (tertiary/aromatic N) is 2. The number of amides is 2. The second-order valence-corrected chi connectivity index (χ2v) is 11.0. The van der Waals surface area contributed by atoms with E-state index in [1.54, 1.807) is 31.2 Å². The van der Waals surface area contributed by atoms with Gasteiger partial charge in [-0.25, -0.2) is 12.8 Å². The smallest absolute Gasteiger partial charge is 0.244 e. The SMILES string of the molecule is CCc1ccc(N(CC(=O)N(Cc2ccc(F)cc2)[C@H](C)C(=O)NC2CCCC2)S(C)(=O)=O)cc1. The second-order valence-electron chi connectivity index (χ2n) is 9.10. The molecular weight excluding hydrogens is 469 g/mol. The molecule has 35 heavy (non-hydrogen) atoms. The molecular formula is C26H34FN3O4S. The summed E-state index contributed by atoms with van der Waals surface area (Å²) >= 11 is 0. The van der Waals surface area contributed by atoms with Crippen molar-refractivity contribution in [2.45, 2.75) is 64.6 Å². The van der Waals surface area contributed by atoms with Gasteiger partial charge in [0.1, 0.15) is 18.4 Å². The Kier molecular flexibility index (Phi) is 8.88. The van der Waals surface area contributed by atoms with E-state index in [4.69, 9.17) is 0 Å². The Morgan fingerprint density at radius 2 is 1.60 bits per heavy atom. The van der Waals surface area contributed by atoms with Crippen LogP contribution in [0, 0.1) is 5.82 Å². The zero-order valence-electron chi connectivity index (χ0n) is 20.5. The lowest BCUT2D eigenvalue weighted by molar-refractivity contribution is -0.139. The molecule has 0 saturated heterocycles. The standard InChI is InChI=1S/C26H34FN3O4S/c1-4-20-11-15-24(16-12-20)30(35(3,33)34)18-25(31)29(17-21-9-13-22(27)14-10-21)19(2)26(32)28-23-7-5-6-8-23/h9-16,19,23H,4-8,17-18H2,1-3H3,(H,28,32)/t19-/m1/s1. The normalized spacial score (nSPS) is 15.0. The molecule has 7 nitrogen and oxygen atoms in total. The number of aryl methyl sites for hydroxylation is 1. The van der Waals surface area contributed by atoms with E-state index < -0.39 is 34.3 Å². The van der Waals surface area contributed by atoms with Crippen LogP contribution in [0.5, 0.6) is 0 Å². The molecule has 2 amide bonds. The fraction of sp³-hybridized carbons (Fsp3) is 0.462. The summed E-state index contributed by atoms with van der Waals surface area (Å²) in [7, 11) is -3.77. The average molecular weight is 504 g/mol. The van der Waals surface area contributed by atoms with Gasteiger partial charge in [-0.2, -0.15) is 0 Å². The summed E-state index contributed by atoms with van der Waals surface area (Å²) in [5.41, 5.74) is 2.06. The fourth-order valence-electron chi connectivity index (χ4n) is 4.27. The van der Waals surface area contributed by atoms with Gasteiger partial charge in [0.15, 0.2) is 0 Å². The minimum absolute atomic E-state index is 0.0464. The maximum absolute atomic E-state index is 13.5. The molecule has 1 N–H and O–H groups in total. The molecule has 0 heterocycles. The Hall–Kier alpha value is -2.94. The van der Waals surface area contributed by atoms with Crippen molar-refractivity contribution in [3.8, 4) is 0 Å². The van der Waals surface area contributed by atoms with Crippen molar-refractivity contribution in [1.82, 2.24) is 10.2 Å². The van der Waals surface area contributed by atoms with Gasteiger partial charge in [0.25, 0.3) is 0 Å². The van der Waals surface area contributed by atoms with Crippen molar-refractivity contribution in [3.05, 3.63) is 65.5 Å². The van der Waals surface area contributed by atoms with Crippen molar-refractivity contribution in [1.29, 1.82) is 0 Å². The number of rotatable bonds is 10. The fourth-order valence-corrected chi connectivity index (χ4v) is 5.12. The first-order valence-electron chi connectivity index (χ1n) is 12.0. The molecule has 2 aromatic carbocycles. The Bertz CT molecular complexity index is 1110. The summed E-state index contributed by atoms with van der Waals surface area (Å²) in [6, 6.07) is 11.9. The second kappa shape index (κ2) is 11.7. The third-order valence-corrected chi connectivity index (χ3v) is 7.59. The summed E-state index contributed by atoms with van der Waals surface area (Å²) < 4.78 is 39.7. The van der Waals surface area contributed by atoms with Gasteiger partial charge in [-0.15, -0.1) is 0 Å². The molecule has 1 saturated carbocycles. The Labute approximate surface area is 207 Å². The van der Waals surface area contributed by atoms with Gasteiger partial charge in [0, 0.05) is 12.6 Å². The lowest BCUT2D eigenvalue weighted by atomic mass is 10.1. The van der Waals surface area contributed by atoms with Gasteiger partial charge in [-0.1, -0.05) is 44.0 Å². The highest BCUT2D eigenvalue weighted by molar-refractivity contribution is 7.92. The zero-order valence-corrected chi connectivity index (χ0v) is 21.4. The van der Waals surface area contributed by atoms with Crippen LogP contribution < -0.4 is 9.62 Å². The van der Waals surface area contributed by atoms with E-state index in [1.165, 1.54) is 17.0 Å². The number of hydrogen-bond donors (Lipinski definition) is 1. The quantitative estimate of drug-likeness (QED) is 0.537. The molecule has 9 heteroatoms. The molecule has 0 aromatic heterocycles. The van der Waals surface area contributed by atoms with E-state index in [0.717, 1.165) is 48.2 Å². The van der Waals surface area contributed by atoms with E-state index in [2.05, 4.69) is 5.32 Å². The lowest BCUT2D eigenvalue weighted by Crippen LogP contribution is -2.52. The van der Waals surface area contributed by atoms with Gasteiger partial charge in [0.05, 0.1) is 11.9 Å². The van der Waals surface area contributed by atoms with E-state index in [-0.39, 0.29) is 18.5 Å². The molecule has 1 fully saturated rings. The molecule has 0 bridgehead atoms. The van der Waals surface area contributed by atoms with Gasteiger partial charge in [-0.05, 0) is 61.6 Å². The molecule has 0 spiro atoms. The maximum atomic E-state index is 13.5. The molecule has 3 rings (SSSR count). The number of benzene rings is 2. The largest absolute Gasteiger partial charge is 0.352 e. The van der Waals surface area contributed by atoms with E-state index >= 15 is 0 Å². The molecule has 0 unspecified atom stereocenters. The first-order valence-corrected chi connectivity index (χ1v) is 13.8. The minimum atomic E-state index is -3.77. The van der Waals surface area contributed by atoms with Crippen molar-refractivity contribution < 1.29 is 22.4 Å². The van der Waals surface area contributed by atoms with Crippen LogP contribution in [0.2, 0.25) is 0 Å². The number of sulfonamides is 1. The van der Waals surface area contributed by atoms with Crippen LogP contribution in [0.15, 0.2) is 48.5 Å². The number of carbonyl (C=O) groups excluding carboxylic acids is 2. The zero-order chi connectivity index (χ0) is 25.6. The van der Waals surface area contributed by atoms with Crippen molar-refractivity contribution in [3.63, 3.8) is 0 Å². The van der Waals surface area contributed by atoms with Crippen LogP contribution >= 0.6 is 0 Å². The average Bonchev–Trinajstić information content (AvgIpc) is 3.34. The number of anilines is 1. The molecule has 1 aliphatic carbocycles. The van der Waals surface area contributed by atoms with E-state index in [0.29, 0.717) is 11.3 Å². The molecule has 0 aliphatic heterocycles. The monoisotopic (exact) mass is 503 g/mol. The summed E-state index contributed by atoms with van der Waals surface area (Å²) in [5.74, 6) is -1.21. The third kappa shape index (κ3) is 7.27. The number of halogens is 1. The molecule has 190 valence electrons. The van der Waals surface area contributed by atoms with Crippen LogP contribution in [0.1, 0.15) is 50.7 Å². The van der Waals surface area contributed by atoms with Crippen LogP contribution in [-0.2, 0) is 32.6 Å². The summed E-state index contributed by atoms with van der Waals surface area (Å²) in [4.78, 5) is 27.9.